The molecule has 0 amide bonds. The van der Waals surface area contributed by atoms with E-state index in [1.807, 2.05) is 39.0 Å². The molecular formula is C28H41N5O4S2. The minimum atomic E-state index is -1.04. The molecule has 0 saturated heterocycles. The number of nitrogens with zero attached hydrogens (tertiary/aromatic N) is 4. The zero-order chi connectivity index (χ0) is 29.4. The second kappa shape index (κ2) is 14.4. The average Bonchev–Trinajstić information content (AvgIpc) is 2.89. The largest absolute Gasteiger partial charge is 0.494 e. The molecule has 0 fully saturated rings. The Balaban J connectivity index is 0.000000976. The van der Waals surface area contributed by atoms with Gasteiger partial charge in [0.05, 0.1) is 17.0 Å². The lowest BCUT2D eigenvalue weighted by atomic mass is 9.86. The Bertz CT molecular complexity index is 1440. The van der Waals surface area contributed by atoms with Crippen molar-refractivity contribution in [3.05, 3.63) is 76.8 Å². The number of nitrogens with one attached hydrogen (secondary N) is 1. The van der Waals surface area contributed by atoms with Gasteiger partial charge in [0.15, 0.2) is 9.54 Å². The van der Waals surface area contributed by atoms with Crippen LogP contribution in [-0.4, -0.2) is 41.6 Å². The van der Waals surface area contributed by atoms with Crippen LogP contribution >= 0.6 is 24.4 Å². The van der Waals surface area contributed by atoms with Gasteiger partial charge in [-0.15, -0.1) is 0 Å². The van der Waals surface area contributed by atoms with Crippen LogP contribution in [0.1, 0.15) is 69.7 Å². The van der Waals surface area contributed by atoms with E-state index in [1.54, 1.807) is 19.9 Å². The molecule has 3 rings (SSSR count). The minimum Gasteiger partial charge on any atom is -0.494 e. The Morgan fingerprint density at radius 1 is 0.744 bits per heavy atom. The summed E-state index contributed by atoms with van der Waals surface area (Å²) in [7, 11) is 0. The van der Waals surface area contributed by atoms with Crippen LogP contribution in [0.5, 0.6) is 11.8 Å². The molecule has 0 saturated carbocycles. The highest BCUT2D eigenvalue weighted by Gasteiger charge is 2.33. The fourth-order valence-corrected chi connectivity index (χ4v) is 5.48. The van der Waals surface area contributed by atoms with E-state index in [9.17, 15) is 19.8 Å². The second-order valence-electron chi connectivity index (χ2n) is 8.93. The lowest BCUT2D eigenvalue weighted by Crippen LogP contribution is -2.34. The topological polar surface area (TPSA) is 106 Å². The van der Waals surface area contributed by atoms with Gasteiger partial charge in [0, 0.05) is 26.2 Å². The van der Waals surface area contributed by atoms with E-state index in [2.05, 4.69) is 19.2 Å². The van der Waals surface area contributed by atoms with Crippen LogP contribution in [0.3, 0.4) is 0 Å². The van der Waals surface area contributed by atoms with Crippen molar-refractivity contribution < 1.29 is 10.2 Å². The normalized spacial score (nSPS) is 11.0. The summed E-state index contributed by atoms with van der Waals surface area (Å²) in [6, 6.07) is 7.32. The first-order valence-electron chi connectivity index (χ1n) is 13.5. The molecule has 0 aliphatic heterocycles. The van der Waals surface area contributed by atoms with Gasteiger partial charge < -0.3 is 15.5 Å². The summed E-state index contributed by atoms with van der Waals surface area (Å²) in [5.41, 5.74) is 0.446. The molecule has 0 aliphatic rings. The number of benzene rings is 1. The van der Waals surface area contributed by atoms with Crippen LogP contribution in [0, 0.1) is 16.5 Å². The maximum Gasteiger partial charge on any atom is 0.262 e. The third-order valence-corrected chi connectivity index (χ3v) is 7.47. The number of aromatic hydroxyl groups is 2. The van der Waals surface area contributed by atoms with E-state index in [-0.39, 0.29) is 45.5 Å². The molecule has 0 spiro atoms. The van der Waals surface area contributed by atoms with Gasteiger partial charge in [-0.05, 0) is 77.7 Å². The molecule has 1 aromatic carbocycles. The number of aromatic nitrogens is 4. The summed E-state index contributed by atoms with van der Waals surface area (Å²) in [4.78, 5) is 27.4. The number of aryl methyl sites for hydroxylation is 1. The molecule has 3 aromatic rings. The Hall–Kier alpha value is -3.02. The van der Waals surface area contributed by atoms with Gasteiger partial charge in [0.1, 0.15) is 0 Å². The molecule has 39 heavy (non-hydrogen) atoms. The van der Waals surface area contributed by atoms with Gasteiger partial charge in [0.2, 0.25) is 11.8 Å². The highest BCUT2D eigenvalue weighted by Crippen LogP contribution is 2.37. The third-order valence-electron chi connectivity index (χ3n) is 6.59. The van der Waals surface area contributed by atoms with Gasteiger partial charge in [-0.2, -0.15) is 0 Å². The van der Waals surface area contributed by atoms with Gasteiger partial charge >= 0.3 is 0 Å². The molecule has 9 nitrogen and oxygen atoms in total. The van der Waals surface area contributed by atoms with E-state index >= 15 is 0 Å². The Morgan fingerprint density at radius 3 is 1.46 bits per heavy atom. The van der Waals surface area contributed by atoms with Crippen LogP contribution < -0.4 is 16.4 Å². The van der Waals surface area contributed by atoms with Crippen molar-refractivity contribution in [1.82, 2.24) is 23.6 Å². The predicted octanol–water partition coefficient (Wildman–Crippen LogP) is 4.67. The molecule has 11 heteroatoms. The quantitative estimate of drug-likeness (QED) is 0.319. The molecule has 2 heterocycles. The van der Waals surface area contributed by atoms with E-state index in [0.717, 1.165) is 18.7 Å². The molecule has 0 atom stereocenters. The van der Waals surface area contributed by atoms with Crippen LogP contribution in [-0.2, 0) is 26.2 Å². The maximum atomic E-state index is 13.7. The van der Waals surface area contributed by atoms with Crippen molar-refractivity contribution in [2.45, 2.75) is 80.6 Å². The van der Waals surface area contributed by atoms with Gasteiger partial charge in [-0.3, -0.25) is 27.9 Å². The summed E-state index contributed by atoms with van der Waals surface area (Å²) in [5.74, 6) is -1.68. The molecule has 0 radical (unpaired) electrons. The van der Waals surface area contributed by atoms with E-state index in [4.69, 9.17) is 24.4 Å². The average molecular weight is 576 g/mol. The fraction of sp³-hybridized carbons (Fsp3) is 0.500. The highest BCUT2D eigenvalue weighted by atomic mass is 32.1. The monoisotopic (exact) mass is 575 g/mol. The van der Waals surface area contributed by atoms with E-state index in [0.29, 0.717) is 18.7 Å². The summed E-state index contributed by atoms with van der Waals surface area (Å²) >= 11 is 10.9. The van der Waals surface area contributed by atoms with Gasteiger partial charge in [-0.1, -0.05) is 43.7 Å². The summed E-state index contributed by atoms with van der Waals surface area (Å²) < 4.78 is 6.09. The van der Waals surface area contributed by atoms with Crippen LogP contribution in [0.15, 0.2) is 33.9 Å². The Kier molecular flexibility index (Phi) is 11.9. The molecule has 0 aliphatic carbocycles. The van der Waals surface area contributed by atoms with Gasteiger partial charge in [0.25, 0.3) is 11.1 Å². The number of hydrogen-bond acceptors (Lipinski definition) is 7. The smallest absolute Gasteiger partial charge is 0.262 e. The second-order valence-corrected chi connectivity index (χ2v) is 9.66. The van der Waals surface area contributed by atoms with Gasteiger partial charge in [-0.25, -0.2) is 0 Å². The molecule has 0 unspecified atom stereocenters. The Labute approximate surface area is 240 Å². The van der Waals surface area contributed by atoms with Crippen LogP contribution in [0.25, 0.3) is 0 Å². The van der Waals surface area contributed by atoms with Crippen molar-refractivity contribution in [3.63, 3.8) is 0 Å². The van der Waals surface area contributed by atoms with E-state index < -0.39 is 17.0 Å². The minimum absolute atomic E-state index is 0.0160. The molecule has 2 aromatic heterocycles. The maximum absolute atomic E-state index is 13.7. The zero-order valence-corrected chi connectivity index (χ0v) is 25.6. The van der Waals surface area contributed by atoms with Crippen LogP contribution in [0.2, 0.25) is 0 Å². The first kappa shape index (κ1) is 32.2. The molecule has 0 bridgehead atoms. The highest BCUT2D eigenvalue weighted by molar-refractivity contribution is 7.71. The lowest BCUT2D eigenvalue weighted by Gasteiger charge is -2.25. The molecule has 3 N–H and O–H groups in total. The summed E-state index contributed by atoms with van der Waals surface area (Å²) in [6.45, 7) is 16.7. The summed E-state index contributed by atoms with van der Waals surface area (Å²) in [6.07, 6.45) is 0. The Morgan fingerprint density at radius 2 is 1.15 bits per heavy atom. The molecule has 214 valence electrons. The SMILES string of the molecule is CCNCC.CCn1c(O)c(C(c2cccc(C)c2)c2c(O)n(CC)c(=S)n(CC)c2=O)c(=O)n(CC)c1=S. The summed E-state index contributed by atoms with van der Waals surface area (Å²) in [5, 5.41) is 25.7. The third kappa shape index (κ3) is 6.42. The first-order chi connectivity index (χ1) is 18.6. The van der Waals surface area contributed by atoms with Crippen molar-refractivity contribution in [3.8, 4) is 11.8 Å². The predicted molar refractivity (Wildman–Crippen MR) is 161 cm³/mol. The van der Waals surface area contributed by atoms with Crippen molar-refractivity contribution in [1.29, 1.82) is 0 Å². The van der Waals surface area contributed by atoms with E-state index in [1.165, 1.54) is 18.3 Å². The fourth-order valence-electron chi connectivity index (χ4n) is 4.63. The van der Waals surface area contributed by atoms with Crippen molar-refractivity contribution >= 4 is 24.4 Å². The lowest BCUT2D eigenvalue weighted by molar-refractivity contribution is 0.380. The first-order valence-corrected chi connectivity index (χ1v) is 14.3. The standard InChI is InChI=1S/C24H30N4O4S2.C4H11N/c1-6-25-19(29)17(20(30)26(7-2)23(25)33)16(15-12-10-11-14(5)13-15)18-21(31)27(8-3)24(34)28(9-4)22(18)32;1-3-5-4-2/h10-13,16,29,31H,6-9H2,1-5H3;5H,3-4H2,1-2H3. The van der Waals surface area contributed by atoms with Crippen LogP contribution in [0.4, 0.5) is 0 Å². The molecular weight excluding hydrogens is 534 g/mol. The number of hydrogen-bond donors (Lipinski definition) is 3. The van der Waals surface area contributed by atoms with Crippen molar-refractivity contribution in [2.75, 3.05) is 13.1 Å². The van der Waals surface area contributed by atoms with Crippen molar-refractivity contribution in [2.24, 2.45) is 0 Å². The number of rotatable bonds is 9. The zero-order valence-electron chi connectivity index (χ0n) is 23.9.